The van der Waals surface area contributed by atoms with Gasteiger partial charge in [-0.15, -0.1) is 0 Å². The number of fused-ring (bicyclic) bond motifs is 1. The minimum absolute atomic E-state index is 0.0781. The summed E-state index contributed by atoms with van der Waals surface area (Å²) in [5.74, 6) is 1.06. The minimum Gasteiger partial charge on any atom is -0.381 e. The van der Waals surface area contributed by atoms with Crippen molar-refractivity contribution < 1.29 is 13.2 Å². The monoisotopic (exact) mass is 344 g/mol. The van der Waals surface area contributed by atoms with Crippen LogP contribution in [0.3, 0.4) is 0 Å². The molecule has 3 heterocycles. The molecule has 1 fully saturated rings. The lowest BCUT2D eigenvalue weighted by Gasteiger charge is -2.10. The summed E-state index contributed by atoms with van der Waals surface area (Å²) < 4.78 is 34.9. The van der Waals surface area contributed by atoms with Gasteiger partial charge in [0, 0.05) is 32.7 Å². The van der Waals surface area contributed by atoms with Crippen molar-refractivity contribution in [3.63, 3.8) is 0 Å². The van der Waals surface area contributed by atoms with Crippen molar-refractivity contribution in [1.29, 1.82) is 0 Å². The fourth-order valence-electron chi connectivity index (χ4n) is 3.13. The van der Waals surface area contributed by atoms with E-state index in [0.717, 1.165) is 38.1 Å². The summed E-state index contributed by atoms with van der Waals surface area (Å²) in [6, 6.07) is 0. The molecule has 0 bridgehead atoms. The van der Waals surface area contributed by atoms with E-state index in [1.165, 1.54) is 4.68 Å². The molecule has 9 heteroatoms. The van der Waals surface area contributed by atoms with Gasteiger partial charge in [-0.05, 0) is 31.6 Å². The summed E-state index contributed by atoms with van der Waals surface area (Å²) in [6.07, 6.45) is 4.29. The Labute approximate surface area is 135 Å². The van der Waals surface area contributed by atoms with Crippen LogP contribution < -0.4 is 10.4 Å². The highest BCUT2D eigenvalue weighted by Crippen LogP contribution is 2.14. The zero-order valence-corrected chi connectivity index (χ0v) is 14.1. The van der Waals surface area contributed by atoms with Crippen molar-refractivity contribution in [2.24, 2.45) is 5.92 Å². The molecule has 0 saturated carbocycles. The Morgan fingerprint density at radius 2 is 2.22 bits per heavy atom. The summed E-state index contributed by atoms with van der Waals surface area (Å²) in [4.78, 5) is 12.1. The van der Waals surface area contributed by atoms with E-state index in [0.29, 0.717) is 32.7 Å². The summed E-state index contributed by atoms with van der Waals surface area (Å²) in [5.41, 5.74) is -0.0781. The van der Waals surface area contributed by atoms with Gasteiger partial charge in [0.1, 0.15) is 5.82 Å². The lowest BCUT2D eigenvalue weighted by molar-refractivity contribution is 0.188. The van der Waals surface area contributed by atoms with Gasteiger partial charge in [0.25, 0.3) is 0 Å². The third-order valence-corrected chi connectivity index (χ3v) is 5.93. The van der Waals surface area contributed by atoms with Gasteiger partial charge in [-0.1, -0.05) is 0 Å². The molecule has 0 spiro atoms. The maximum Gasteiger partial charge on any atom is 0.345 e. The van der Waals surface area contributed by atoms with Crippen molar-refractivity contribution in [3.05, 3.63) is 16.3 Å². The molecule has 1 saturated heterocycles. The Bertz CT molecular complexity index is 688. The molecule has 0 radical (unpaired) electrons. The maximum atomic E-state index is 12.1. The van der Waals surface area contributed by atoms with Gasteiger partial charge < -0.3 is 4.74 Å². The zero-order valence-electron chi connectivity index (χ0n) is 13.2. The topological polar surface area (TPSA) is 95.2 Å². The van der Waals surface area contributed by atoms with Crippen LogP contribution in [0.1, 0.15) is 31.5 Å². The van der Waals surface area contributed by atoms with Gasteiger partial charge in [0.15, 0.2) is 0 Å². The molecule has 0 aromatic carbocycles. The normalized spacial score (nSPS) is 21.5. The van der Waals surface area contributed by atoms with Gasteiger partial charge in [-0.25, -0.2) is 22.6 Å². The van der Waals surface area contributed by atoms with Crippen LogP contribution in [0.5, 0.6) is 0 Å². The second-order valence-corrected chi connectivity index (χ2v) is 8.14. The number of nitrogens with zero attached hydrogens (tertiary/aromatic N) is 3. The van der Waals surface area contributed by atoms with E-state index in [2.05, 4.69) is 9.82 Å². The molecular weight excluding hydrogens is 320 g/mol. The second-order valence-electron chi connectivity index (χ2n) is 6.29. The highest BCUT2D eigenvalue weighted by molar-refractivity contribution is 7.89. The fraction of sp³-hybridized carbons (Fsp3) is 0.857. The van der Waals surface area contributed by atoms with Gasteiger partial charge in [0.05, 0.1) is 12.4 Å². The van der Waals surface area contributed by atoms with Crippen molar-refractivity contribution in [3.8, 4) is 0 Å². The molecule has 23 heavy (non-hydrogen) atoms. The number of aromatic nitrogens is 3. The molecule has 8 nitrogen and oxygen atoms in total. The van der Waals surface area contributed by atoms with Gasteiger partial charge >= 0.3 is 5.69 Å². The average Bonchev–Trinajstić information content (AvgIpc) is 3.12. The van der Waals surface area contributed by atoms with Crippen LogP contribution in [0, 0.1) is 5.92 Å². The van der Waals surface area contributed by atoms with E-state index in [4.69, 9.17) is 4.74 Å². The van der Waals surface area contributed by atoms with E-state index in [-0.39, 0.29) is 17.4 Å². The van der Waals surface area contributed by atoms with Gasteiger partial charge in [-0.2, -0.15) is 5.10 Å². The van der Waals surface area contributed by atoms with E-state index in [1.807, 2.05) is 0 Å². The number of aryl methyl sites for hydroxylation is 2. The van der Waals surface area contributed by atoms with Crippen molar-refractivity contribution >= 4 is 10.0 Å². The molecule has 1 N–H and O–H groups in total. The van der Waals surface area contributed by atoms with Crippen LogP contribution >= 0.6 is 0 Å². The molecule has 1 atom stereocenters. The standard InChI is InChI=1S/C14H24N4O4S/c19-14-17-7-2-1-4-13(17)16-18(14)8-3-6-15-23(20,21)11-12-5-9-22-10-12/h12,15H,1-11H2/t12-/m0/s1. The van der Waals surface area contributed by atoms with Crippen LogP contribution in [-0.4, -0.2) is 48.3 Å². The molecule has 1 aromatic heterocycles. The van der Waals surface area contributed by atoms with Crippen LogP contribution in [0.25, 0.3) is 0 Å². The quantitative estimate of drug-likeness (QED) is 0.687. The first-order chi connectivity index (χ1) is 11.1. The Hall–Kier alpha value is -1.19. The van der Waals surface area contributed by atoms with E-state index >= 15 is 0 Å². The number of rotatable bonds is 7. The SMILES string of the molecule is O=c1n(CCCNS(=O)(=O)C[C@H]2CCOC2)nc2n1CCCC2. The summed E-state index contributed by atoms with van der Waals surface area (Å²) in [5, 5.41) is 4.34. The van der Waals surface area contributed by atoms with Gasteiger partial charge in [0.2, 0.25) is 10.0 Å². The number of ether oxygens (including phenoxy) is 1. The smallest absolute Gasteiger partial charge is 0.345 e. The predicted octanol–water partition coefficient (Wildman–Crippen LogP) is -0.273. The summed E-state index contributed by atoms with van der Waals surface area (Å²) in [7, 11) is -3.27. The third-order valence-electron chi connectivity index (χ3n) is 4.38. The Morgan fingerprint density at radius 3 is 2.96 bits per heavy atom. The molecule has 0 aliphatic carbocycles. The minimum atomic E-state index is -3.27. The molecule has 2 aliphatic heterocycles. The van der Waals surface area contributed by atoms with Gasteiger partial charge in [-0.3, -0.25) is 4.57 Å². The summed E-state index contributed by atoms with van der Waals surface area (Å²) >= 11 is 0. The van der Waals surface area contributed by atoms with Crippen molar-refractivity contribution in [1.82, 2.24) is 19.1 Å². The highest BCUT2D eigenvalue weighted by atomic mass is 32.2. The molecule has 0 amide bonds. The zero-order chi connectivity index (χ0) is 16.3. The lowest BCUT2D eigenvalue weighted by atomic mass is 10.2. The first kappa shape index (κ1) is 16.7. The van der Waals surface area contributed by atoms with Crippen LogP contribution in [0.15, 0.2) is 4.79 Å². The van der Waals surface area contributed by atoms with E-state index < -0.39 is 10.0 Å². The van der Waals surface area contributed by atoms with E-state index in [1.54, 1.807) is 4.57 Å². The molecular formula is C14H24N4O4S. The highest BCUT2D eigenvalue weighted by Gasteiger charge is 2.23. The van der Waals surface area contributed by atoms with Crippen molar-refractivity contribution in [2.75, 3.05) is 25.5 Å². The largest absolute Gasteiger partial charge is 0.381 e. The number of hydrogen-bond acceptors (Lipinski definition) is 5. The third kappa shape index (κ3) is 4.21. The first-order valence-electron chi connectivity index (χ1n) is 8.27. The number of hydrogen-bond donors (Lipinski definition) is 1. The van der Waals surface area contributed by atoms with Crippen molar-refractivity contribution in [2.45, 2.75) is 45.2 Å². The maximum absolute atomic E-state index is 12.1. The number of sulfonamides is 1. The molecule has 2 aliphatic rings. The van der Waals surface area contributed by atoms with Crippen LogP contribution in [-0.2, 0) is 34.3 Å². The predicted molar refractivity (Wildman–Crippen MR) is 84.8 cm³/mol. The molecule has 130 valence electrons. The molecule has 1 aromatic rings. The van der Waals surface area contributed by atoms with E-state index in [9.17, 15) is 13.2 Å². The lowest BCUT2D eigenvalue weighted by Crippen LogP contribution is -2.32. The van der Waals surface area contributed by atoms with Crippen LogP contribution in [0.2, 0.25) is 0 Å². The second kappa shape index (κ2) is 7.14. The first-order valence-corrected chi connectivity index (χ1v) is 9.92. The number of nitrogens with one attached hydrogen (secondary N) is 1. The Kier molecular flexibility index (Phi) is 5.17. The average molecular weight is 344 g/mol. The van der Waals surface area contributed by atoms with Crippen LogP contribution in [0.4, 0.5) is 0 Å². The Morgan fingerprint density at radius 1 is 1.35 bits per heavy atom. The molecule has 3 rings (SSSR count). The molecule has 0 unspecified atom stereocenters. The Balaban J connectivity index is 1.46. The fourth-order valence-corrected chi connectivity index (χ4v) is 4.59. The summed E-state index contributed by atoms with van der Waals surface area (Å²) in [6.45, 7) is 2.67.